The van der Waals surface area contributed by atoms with Crippen LogP contribution in [0.2, 0.25) is 0 Å². The van der Waals surface area contributed by atoms with Crippen molar-refractivity contribution in [1.82, 2.24) is 24.5 Å². The van der Waals surface area contributed by atoms with E-state index in [1.165, 1.54) is 11.1 Å². The molecule has 6 rings (SSSR count). The summed E-state index contributed by atoms with van der Waals surface area (Å²) in [7, 11) is 3.25. The van der Waals surface area contributed by atoms with Gasteiger partial charge < -0.3 is 19.2 Å². The van der Waals surface area contributed by atoms with Crippen LogP contribution in [0.4, 0.5) is 5.95 Å². The normalized spacial score (nSPS) is 13.2. The molecule has 0 fully saturated rings. The molecule has 0 spiro atoms. The van der Waals surface area contributed by atoms with Gasteiger partial charge in [-0.15, -0.1) is 5.10 Å². The van der Waals surface area contributed by atoms with Crippen molar-refractivity contribution >= 4 is 11.6 Å². The molecule has 2 aromatic carbocycles. The standard InChI is InChI=1S/C27H26N6O3/c1-34-22-10-9-18(12-24(22)35-2)13-28-27-29-14-21(17-32-15-19-6-3-4-7-20(19)16-32)26-30-25(31-33(26)27)23-8-5-11-36-23/h3-12,14H,13,15-17H2,1-2H3,(H,28,29). The van der Waals surface area contributed by atoms with Gasteiger partial charge in [-0.1, -0.05) is 30.3 Å². The predicted molar refractivity (Wildman–Crippen MR) is 135 cm³/mol. The molecule has 0 saturated heterocycles. The molecule has 5 aromatic rings. The molecule has 182 valence electrons. The fourth-order valence-corrected chi connectivity index (χ4v) is 4.59. The van der Waals surface area contributed by atoms with Crippen molar-refractivity contribution in [3.05, 3.63) is 89.3 Å². The van der Waals surface area contributed by atoms with Crippen molar-refractivity contribution < 1.29 is 13.9 Å². The number of benzene rings is 2. The van der Waals surface area contributed by atoms with Gasteiger partial charge in [0.1, 0.15) is 0 Å². The van der Waals surface area contributed by atoms with Gasteiger partial charge in [0.25, 0.3) is 0 Å². The molecule has 0 unspecified atom stereocenters. The quantitative estimate of drug-likeness (QED) is 0.345. The number of hydrogen-bond acceptors (Lipinski definition) is 8. The van der Waals surface area contributed by atoms with Crippen molar-refractivity contribution in [2.24, 2.45) is 0 Å². The first kappa shape index (κ1) is 22.1. The average molecular weight is 483 g/mol. The lowest BCUT2D eigenvalue weighted by atomic mass is 10.1. The lowest BCUT2D eigenvalue weighted by molar-refractivity contribution is 0.275. The number of methoxy groups -OCH3 is 2. The summed E-state index contributed by atoms with van der Waals surface area (Å²) < 4.78 is 18.1. The second-order valence-corrected chi connectivity index (χ2v) is 8.71. The van der Waals surface area contributed by atoms with Crippen LogP contribution in [0, 0.1) is 0 Å². The van der Waals surface area contributed by atoms with Crippen LogP contribution in [-0.4, -0.2) is 38.7 Å². The number of aromatic nitrogens is 4. The van der Waals surface area contributed by atoms with Gasteiger partial charge in [0, 0.05) is 37.9 Å². The molecule has 3 aromatic heterocycles. The Kier molecular flexibility index (Phi) is 5.74. The minimum absolute atomic E-state index is 0.521. The predicted octanol–water partition coefficient (Wildman–Crippen LogP) is 4.53. The molecule has 1 N–H and O–H groups in total. The third-order valence-corrected chi connectivity index (χ3v) is 6.38. The van der Waals surface area contributed by atoms with Gasteiger partial charge in [0.05, 0.1) is 20.5 Å². The van der Waals surface area contributed by atoms with Crippen LogP contribution in [0.25, 0.3) is 17.2 Å². The lowest BCUT2D eigenvalue weighted by Crippen LogP contribution is -2.17. The Bertz CT molecular complexity index is 1490. The summed E-state index contributed by atoms with van der Waals surface area (Å²) in [6, 6.07) is 18.1. The Morgan fingerprint density at radius 3 is 2.50 bits per heavy atom. The fraction of sp³-hybridized carbons (Fsp3) is 0.222. The summed E-state index contributed by atoms with van der Waals surface area (Å²) >= 11 is 0. The zero-order valence-corrected chi connectivity index (χ0v) is 20.1. The van der Waals surface area contributed by atoms with Crippen molar-refractivity contribution in [2.45, 2.75) is 26.2 Å². The van der Waals surface area contributed by atoms with Gasteiger partial charge in [-0.3, -0.25) is 4.90 Å². The number of fused-ring (bicyclic) bond motifs is 2. The molecule has 9 heteroatoms. The van der Waals surface area contributed by atoms with Crippen LogP contribution in [0.3, 0.4) is 0 Å². The SMILES string of the molecule is COc1ccc(CNc2ncc(CN3Cc4ccccc4C3)c3nc(-c4ccco4)nn23)cc1OC. The summed E-state index contributed by atoms with van der Waals surface area (Å²) in [6.07, 6.45) is 3.51. The third-order valence-electron chi connectivity index (χ3n) is 6.38. The van der Waals surface area contributed by atoms with E-state index in [-0.39, 0.29) is 0 Å². The second-order valence-electron chi connectivity index (χ2n) is 8.71. The van der Waals surface area contributed by atoms with E-state index in [0.29, 0.717) is 35.6 Å². The van der Waals surface area contributed by atoms with Crippen LogP contribution >= 0.6 is 0 Å². The second kappa shape index (κ2) is 9.35. The van der Waals surface area contributed by atoms with Crippen LogP contribution < -0.4 is 14.8 Å². The minimum atomic E-state index is 0.521. The summed E-state index contributed by atoms with van der Waals surface area (Å²) in [4.78, 5) is 11.9. The van der Waals surface area contributed by atoms with Crippen molar-refractivity contribution in [3.8, 4) is 23.1 Å². The first-order chi connectivity index (χ1) is 17.7. The smallest absolute Gasteiger partial charge is 0.226 e. The van der Waals surface area contributed by atoms with Crippen molar-refractivity contribution in [3.63, 3.8) is 0 Å². The number of ether oxygens (including phenoxy) is 2. The van der Waals surface area contributed by atoms with Gasteiger partial charge in [-0.25, -0.2) is 9.97 Å². The Labute approximate surface area is 208 Å². The molecule has 0 saturated carbocycles. The zero-order chi connectivity index (χ0) is 24.5. The van der Waals surface area contributed by atoms with Crippen LogP contribution in [0.1, 0.15) is 22.3 Å². The van der Waals surface area contributed by atoms with Crippen LogP contribution in [0.15, 0.2) is 71.5 Å². The third kappa shape index (κ3) is 4.14. The van der Waals surface area contributed by atoms with Gasteiger partial charge >= 0.3 is 0 Å². The zero-order valence-electron chi connectivity index (χ0n) is 20.1. The molecule has 0 atom stereocenters. The largest absolute Gasteiger partial charge is 0.493 e. The highest BCUT2D eigenvalue weighted by Crippen LogP contribution is 2.29. The van der Waals surface area contributed by atoms with E-state index in [1.54, 1.807) is 25.0 Å². The molecule has 4 heterocycles. The molecule has 36 heavy (non-hydrogen) atoms. The van der Waals surface area contributed by atoms with E-state index in [2.05, 4.69) is 34.5 Å². The maximum absolute atomic E-state index is 5.57. The van der Waals surface area contributed by atoms with E-state index >= 15 is 0 Å². The van der Waals surface area contributed by atoms with Gasteiger partial charge in [0.15, 0.2) is 22.9 Å². The first-order valence-corrected chi connectivity index (χ1v) is 11.7. The van der Waals surface area contributed by atoms with Crippen LogP contribution in [-0.2, 0) is 26.2 Å². The monoisotopic (exact) mass is 482 g/mol. The highest BCUT2D eigenvalue weighted by Gasteiger charge is 2.22. The Balaban J connectivity index is 1.30. The Morgan fingerprint density at radius 2 is 1.78 bits per heavy atom. The molecule has 0 radical (unpaired) electrons. The number of furan rings is 1. The summed E-state index contributed by atoms with van der Waals surface area (Å²) in [6.45, 7) is 3.05. The van der Waals surface area contributed by atoms with Gasteiger partial charge in [-0.05, 0) is 41.0 Å². The molecule has 1 aliphatic heterocycles. The maximum Gasteiger partial charge on any atom is 0.226 e. The average Bonchev–Trinajstić information content (AvgIpc) is 3.67. The number of nitrogens with zero attached hydrogens (tertiary/aromatic N) is 5. The molecule has 0 amide bonds. The topological polar surface area (TPSA) is 90.0 Å². The number of anilines is 1. The first-order valence-electron chi connectivity index (χ1n) is 11.7. The van der Waals surface area contributed by atoms with Gasteiger partial charge in [-0.2, -0.15) is 4.52 Å². The van der Waals surface area contributed by atoms with Crippen molar-refractivity contribution in [1.29, 1.82) is 0 Å². The Morgan fingerprint density at radius 1 is 0.972 bits per heavy atom. The minimum Gasteiger partial charge on any atom is -0.493 e. The summed E-state index contributed by atoms with van der Waals surface area (Å²) in [5.74, 6) is 3.10. The summed E-state index contributed by atoms with van der Waals surface area (Å²) in [5, 5.41) is 8.12. The highest BCUT2D eigenvalue weighted by molar-refractivity contribution is 5.58. The summed E-state index contributed by atoms with van der Waals surface area (Å²) in [5.41, 5.74) is 5.51. The number of rotatable bonds is 8. The molecular weight excluding hydrogens is 456 g/mol. The molecule has 9 nitrogen and oxygen atoms in total. The van der Waals surface area contributed by atoms with E-state index in [9.17, 15) is 0 Å². The van der Waals surface area contributed by atoms with Gasteiger partial charge in [0.2, 0.25) is 11.8 Å². The maximum atomic E-state index is 5.57. The fourth-order valence-electron chi connectivity index (χ4n) is 4.59. The van der Waals surface area contributed by atoms with Crippen molar-refractivity contribution in [2.75, 3.05) is 19.5 Å². The molecular formula is C27H26N6O3. The lowest BCUT2D eigenvalue weighted by Gasteiger charge is -2.16. The molecule has 1 aliphatic rings. The van der Waals surface area contributed by atoms with E-state index in [0.717, 1.165) is 36.4 Å². The molecule has 0 aliphatic carbocycles. The highest BCUT2D eigenvalue weighted by atomic mass is 16.5. The van der Waals surface area contributed by atoms with E-state index in [4.69, 9.17) is 29.0 Å². The number of hydrogen-bond donors (Lipinski definition) is 1. The Hall–Kier alpha value is -4.37. The molecule has 0 bridgehead atoms. The number of nitrogens with one attached hydrogen (secondary N) is 1. The van der Waals surface area contributed by atoms with E-state index in [1.807, 2.05) is 36.5 Å². The van der Waals surface area contributed by atoms with E-state index < -0.39 is 0 Å². The van der Waals surface area contributed by atoms with Crippen LogP contribution in [0.5, 0.6) is 11.5 Å².